The van der Waals surface area contributed by atoms with E-state index >= 15 is 8.78 Å². The third-order valence-corrected chi connectivity index (χ3v) is 6.86. The summed E-state index contributed by atoms with van der Waals surface area (Å²) in [6.45, 7) is 4.66. The number of anilines is 2. The summed E-state index contributed by atoms with van der Waals surface area (Å²) in [6, 6.07) is 4.91. The van der Waals surface area contributed by atoms with Crippen LogP contribution in [0, 0.1) is 11.6 Å². The average molecular weight is 495 g/mol. The van der Waals surface area contributed by atoms with Crippen LogP contribution in [0.25, 0.3) is 16.7 Å². The number of nitrogens with zero attached hydrogens (tertiary/aromatic N) is 6. The van der Waals surface area contributed by atoms with Gasteiger partial charge in [0.2, 0.25) is 5.95 Å². The molecule has 5 heterocycles. The Morgan fingerprint density at radius 1 is 1.08 bits per heavy atom. The Hall–Kier alpha value is -3.41. The summed E-state index contributed by atoms with van der Waals surface area (Å²) >= 11 is 0. The first-order chi connectivity index (χ1) is 17.6. The minimum absolute atomic E-state index is 0.0693. The van der Waals surface area contributed by atoms with Gasteiger partial charge in [-0.1, -0.05) is 0 Å². The van der Waals surface area contributed by atoms with E-state index in [2.05, 4.69) is 25.7 Å². The van der Waals surface area contributed by atoms with Crippen LogP contribution >= 0.6 is 0 Å². The van der Waals surface area contributed by atoms with E-state index in [1.165, 1.54) is 12.1 Å². The predicted molar refractivity (Wildman–Crippen MR) is 132 cm³/mol. The van der Waals surface area contributed by atoms with Crippen LogP contribution in [-0.2, 0) is 11.3 Å². The molecule has 0 aliphatic carbocycles. The van der Waals surface area contributed by atoms with Crippen molar-refractivity contribution in [2.24, 2.45) is 0 Å². The number of hydrogen-bond acceptors (Lipinski definition) is 7. The van der Waals surface area contributed by atoms with Crippen LogP contribution < -0.4 is 10.6 Å². The topological polar surface area (TPSA) is 85.1 Å². The van der Waals surface area contributed by atoms with Gasteiger partial charge in [0.25, 0.3) is 0 Å². The highest BCUT2D eigenvalue weighted by Gasteiger charge is 2.19. The number of benzene rings is 1. The highest BCUT2D eigenvalue weighted by atomic mass is 19.1. The number of aromatic nitrogens is 5. The minimum Gasteiger partial charge on any atom is -0.379 e. The van der Waals surface area contributed by atoms with Gasteiger partial charge in [-0.15, -0.1) is 0 Å². The molecule has 0 spiro atoms. The molecule has 0 radical (unpaired) electrons. The Labute approximate surface area is 207 Å². The maximum atomic E-state index is 15.0. The number of fused-ring (bicyclic) bond motifs is 1. The Balaban J connectivity index is 1.24. The van der Waals surface area contributed by atoms with Crippen LogP contribution in [0.3, 0.4) is 0 Å². The molecule has 1 aromatic carbocycles. The number of ether oxygens (including phenoxy) is 1. The van der Waals surface area contributed by atoms with Crippen molar-refractivity contribution in [3.63, 3.8) is 0 Å². The van der Waals surface area contributed by atoms with Crippen LogP contribution in [-0.4, -0.2) is 68.6 Å². The third-order valence-electron chi connectivity index (χ3n) is 6.86. The van der Waals surface area contributed by atoms with Crippen molar-refractivity contribution in [1.82, 2.24) is 34.5 Å². The van der Waals surface area contributed by atoms with Crippen molar-refractivity contribution in [1.29, 1.82) is 0 Å². The quantitative estimate of drug-likeness (QED) is 0.425. The van der Waals surface area contributed by atoms with Gasteiger partial charge in [0.05, 0.1) is 36.8 Å². The standard InChI is InChI=1S/C25H28F2N8O/c26-22-11-20(12-23(27)21(22)16-33-7-9-36-10-8-33)34-6-3-17-13-29-25(32-24(17)34)31-18-14-30-35(15-18)19-1-4-28-5-2-19/h3,6,11-15,19,28H,1-2,4-5,7-10,16H2,(H,29,31,32). The fourth-order valence-corrected chi connectivity index (χ4v) is 4.85. The average Bonchev–Trinajstić information content (AvgIpc) is 3.54. The van der Waals surface area contributed by atoms with Crippen LogP contribution in [0.2, 0.25) is 0 Å². The number of nitrogens with one attached hydrogen (secondary N) is 2. The molecule has 0 bridgehead atoms. The number of halogens is 2. The van der Waals surface area contributed by atoms with Crippen molar-refractivity contribution in [2.45, 2.75) is 25.4 Å². The van der Waals surface area contributed by atoms with E-state index in [1.807, 2.05) is 21.8 Å². The van der Waals surface area contributed by atoms with Crippen LogP contribution in [0.1, 0.15) is 24.4 Å². The Kier molecular flexibility index (Phi) is 6.34. The summed E-state index contributed by atoms with van der Waals surface area (Å²) in [4.78, 5) is 11.0. The molecule has 0 atom stereocenters. The molecule has 2 N–H and O–H groups in total. The summed E-state index contributed by atoms with van der Waals surface area (Å²) in [6.07, 6.45) is 9.23. The maximum absolute atomic E-state index is 15.0. The monoisotopic (exact) mass is 494 g/mol. The molecule has 6 rings (SSSR count). The van der Waals surface area contributed by atoms with E-state index in [-0.39, 0.29) is 12.1 Å². The molecule has 2 saturated heterocycles. The molecule has 2 aliphatic rings. The number of rotatable bonds is 6. The van der Waals surface area contributed by atoms with Crippen molar-refractivity contribution in [2.75, 3.05) is 44.7 Å². The molecule has 2 aliphatic heterocycles. The molecule has 36 heavy (non-hydrogen) atoms. The second-order valence-electron chi connectivity index (χ2n) is 9.25. The van der Waals surface area contributed by atoms with Gasteiger partial charge in [0, 0.05) is 49.2 Å². The zero-order valence-corrected chi connectivity index (χ0v) is 19.8. The molecular formula is C25H28F2N8O. The van der Waals surface area contributed by atoms with E-state index < -0.39 is 11.6 Å². The van der Waals surface area contributed by atoms with Crippen LogP contribution in [0.5, 0.6) is 0 Å². The van der Waals surface area contributed by atoms with Crippen molar-refractivity contribution in [3.8, 4) is 5.69 Å². The van der Waals surface area contributed by atoms with E-state index in [1.54, 1.807) is 23.2 Å². The second-order valence-corrected chi connectivity index (χ2v) is 9.25. The van der Waals surface area contributed by atoms with E-state index in [0.717, 1.165) is 37.0 Å². The number of hydrogen-bond donors (Lipinski definition) is 2. The normalized spacial score (nSPS) is 17.6. The lowest BCUT2D eigenvalue weighted by atomic mass is 10.1. The molecule has 4 aromatic rings. The van der Waals surface area contributed by atoms with E-state index in [0.29, 0.717) is 49.6 Å². The molecule has 11 heteroatoms. The first-order valence-corrected chi connectivity index (χ1v) is 12.3. The van der Waals surface area contributed by atoms with Gasteiger partial charge in [0.15, 0.2) is 0 Å². The lowest BCUT2D eigenvalue weighted by molar-refractivity contribution is 0.0332. The summed E-state index contributed by atoms with van der Waals surface area (Å²) in [5.74, 6) is -0.760. The van der Waals surface area contributed by atoms with Crippen molar-refractivity contribution >= 4 is 22.7 Å². The Bertz CT molecular complexity index is 1330. The molecule has 0 unspecified atom stereocenters. The molecule has 0 amide bonds. The predicted octanol–water partition coefficient (Wildman–Crippen LogP) is 3.40. The highest BCUT2D eigenvalue weighted by molar-refractivity contribution is 5.78. The van der Waals surface area contributed by atoms with Crippen LogP contribution in [0.15, 0.2) is 43.0 Å². The van der Waals surface area contributed by atoms with Crippen molar-refractivity contribution < 1.29 is 13.5 Å². The van der Waals surface area contributed by atoms with Gasteiger partial charge in [-0.2, -0.15) is 10.1 Å². The van der Waals surface area contributed by atoms with Gasteiger partial charge >= 0.3 is 0 Å². The van der Waals surface area contributed by atoms with Gasteiger partial charge in [-0.05, 0) is 44.1 Å². The first kappa shape index (κ1) is 23.0. The SMILES string of the molecule is Fc1cc(-n2ccc3cnc(Nc4cnn(C5CCNCC5)c4)nc32)cc(F)c1CN1CCOCC1. The fourth-order valence-electron chi connectivity index (χ4n) is 4.85. The minimum atomic E-state index is -0.573. The molecular weight excluding hydrogens is 466 g/mol. The first-order valence-electron chi connectivity index (χ1n) is 12.3. The molecule has 0 saturated carbocycles. The van der Waals surface area contributed by atoms with Gasteiger partial charge in [-0.3, -0.25) is 9.58 Å². The summed E-state index contributed by atoms with van der Waals surface area (Å²) in [5.41, 5.74) is 1.78. The number of morpholine rings is 1. The lowest BCUT2D eigenvalue weighted by Gasteiger charge is -2.27. The van der Waals surface area contributed by atoms with Crippen LogP contribution in [0.4, 0.5) is 20.4 Å². The maximum Gasteiger partial charge on any atom is 0.229 e. The van der Waals surface area contributed by atoms with E-state index in [9.17, 15) is 0 Å². The zero-order chi connectivity index (χ0) is 24.5. The van der Waals surface area contributed by atoms with Gasteiger partial charge in [-0.25, -0.2) is 13.8 Å². The van der Waals surface area contributed by atoms with Gasteiger partial charge < -0.3 is 19.9 Å². The Morgan fingerprint density at radius 3 is 2.64 bits per heavy atom. The zero-order valence-electron chi connectivity index (χ0n) is 19.8. The lowest BCUT2D eigenvalue weighted by Crippen LogP contribution is -2.36. The molecule has 9 nitrogen and oxygen atoms in total. The van der Waals surface area contributed by atoms with Gasteiger partial charge in [0.1, 0.15) is 17.3 Å². The third kappa shape index (κ3) is 4.69. The Morgan fingerprint density at radius 2 is 1.86 bits per heavy atom. The number of piperidine rings is 1. The largest absolute Gasteiger partial charge is 0.379 e. The second kappa shape index (κ2) is 9.92. The van der Waals surface area contributed by atoms with Crippen molar-refractivity contribution in [3.05, 3.63) is 60.2 Å². The smallest absolute Gasteiger partial charge is 0.229 e. The summed E-state index contributed by atoms with van der Waals surface area (Å²) in [7, 11) is 0. The highest BCUT2D eigenvalue weighted by Crippen LogP contribution is 2.26. The van der Waals surface area contributed by atoms with E-state index in [4.69, 9.17) is 4.74 Å². The fraction of sp³-hybridized carbons (Fsp3) is 0.400. The molecule has 188 valence electrons. The summed E-state index contributed by atoms with van der Waals surface area (Å²) < 4.78 is 39.0. The molecule has 2 fully saturated rings. The molecule has 3 aromatic heterocycles. The summed E-state index contributed by atoms with van der Waals surface area (Å²) in [5, 5.41) is 11.8.